The van der Waals surface area contributed by atoms with E-state index in [1.807, 2.05) is 12.4 Å². The SMILES string of the molecule is COCCN1CCN(Cc2cc(-c3ccncc3)c(-c3ccc4c(c3)CCC4)o2)CC1. The fourth-order valence-electron chi connectivity index (χ4n) is 4.81. The number of fused-ring (bicyclic) bond motifs is 1. The number of benzene rings is 1. The Hall–Kier alpha value is -2.47. The third-order valence-corrected chi connectivity index (χ3v) is 6.59. The molecule has 0 saturated carbocycles. The summed E-state index contributed by atoms with van der Waals surface area (Å²) < 4.78 is 11.7. The van der Waals surface area contributed by atoms with Crippen LogP contribution in [0.4, 0.5) is 0 Å². The van der Waals surface area contributed by atoms with Crippen LogP contribution in [0.5, 0.6) is 0 Å². The van der Waals surface area contributed by atoms with Gasteiger partial charge < -0.3 is 9.15 Å². The number of methoxy groups -OCH3 is 1. The molecule has 2 aliphatic rings. The highest BCUT2D eigenvalue weighted by molar-refractivity contribution is 5.80. The van der Waals surface area contributed by atoms with E-state index in [1.165, 1.54) is 36.0 Å². The first-order valence-corrected chi connectivity index (χ1v) is 11.4. The van der Waals surface area contributed by atoms with Gasteiger partial charge in [-0.2, -0.15) is 0 Å². The predicted octanol–water partition coefficient (Wildman–Crippen LogP) is 4.26. The molecule has 0 N–H and O–H groups in total. The predicted molar refractivity (Wildman–Crippen MR) is 123 cm³/mol. The van der Waals surface area contributed by atoms with E-state index in [2.05, 4.69) is 51.2 Å². The number of piperazine rings is 1. The number of hydrogen-bond donors (Lipinski definition) is 0. The minimum absolute atomic E-state index is 0.803. The number of nitrogens with zero attached hydrogens (tertiary/aromatic N) is 3. The van der Waals surface area contributed by atoms with Gasteiger partial charge in [-0.3, -0.25) is 14.8 Å². The molecule has 1 aliphatic carbocycles. The summed E-state index contributed by atoms with van der Waals surface area (Å²) in [7, 11) is 1.77. The molecule has 0 radical (unpaired) electrons. The van der Waals surface area contributed by atoms with Gasteiger partial charge in [0.25, 0.3) is 0 Å². The zero-order chi connectivity index (χ0) is 21.0. The number of aryl methyl sites for hydroxylation is 2. The van der Waals surface area contributed by atoms with Gasteiger partial charge in [-0.15, -0.1) is 0 Å². The molecule has 3 aromatic rings. The quantitative estimate of drug-likeness (QED) is 0.575. The van der Waals surface area contributed by atoms with Crippen molar-refractivity contribution >= 4 is 0 Å². The van der Waals surface area contributed by atoms with Crippen LogP contribution in [0.3, 0.4) is 0 Å². The van der Waals surface area contributed by atoms with Gasteiger partial charge in [0, 0.05) is 63.4 Å². The Kier molecular flexibility index (Phi) is 6.16. The van der Waals surface area contributed by atoms with E-state index in [9.17, 15) is 0 Å². The molecule has 0 amide bonds. The van der Waals surface area contributed by atoms with Crippen LogP contribution in [0.2, 0.25) is 0 Å². The summed E-state index contributed by atoms with van der Waals surface area (Å²) in [6, 6.07) is 13.2. The maximum absolute atomic E-state index is 6.51. The van der Waals surface area contributed by atoms with Crippen LogP contribution in [-0.4, -0.2) is 61.2 Å². The van der Waals surface area contributed by atoms with Crippen molar-refractivity contribution in [1.82, 2.24) is 14.8 Å². The summed E-state index contributed by atoms with van der Waals surface area (Å²) in [5, 5.41) is 0. The highest BCUT2D eigenvalue weighted by Crippen LogP contribution is 2.37. The van der Waals surface area contributed by atoms with Crippen molar-refractivity contribution < 1.29 is 9.15 Å². The molecule has 0 unspecified atom stereocenters. The number of ether oxygens (including phenoxy) is 1. The molecule has 1 aliphatic heterocycles. The largest absolute Gasteiger partial charge is 0.459 e. The number of hydrogen-bond acceptors (Lipinski definition) is 5. The standard InChI is InChI=1S/C26H31N3O2/c1-30-16-15-28-11-13-29(14-12-28)19-24-18-25(21-7-9-27-10-8-21)26(31-24)23-6-5-20-3-2-4-22(20)17-23/h5-10,17-18H,2-4,11-16,19H2,1H3. The second-order valence-corrected chi connectivity index (χ2v) is 8.64. The van der Waals surface area contributed by atoms with E-state index < -0.39 is 0 Å². The fourth-order valence-corrected chi connectivity index (χ4v) is 4.81. The number of rotatable bonds is 7. The molecule has 5 nitrogen and oxygen atoms in total. The van der Waals surface area contributed by atoms with Crippen molar-refractivity contribution in [1.29, 1.82) is 0 Å². The van der Waals surface area contributed by atoms with Crippen molar-refractivity contribution in [2.24, 2.45) is 0 Å². The number of pyridine rings is 1. The molecule has 0 bridgehead atoms. The Morgan fingerprint density at radius 3 is 2.48 bits per heavy atom. The van der Waals surface area contributed by atoms with Crippen molar-refractivity contribution in [2.45, 2.75) is 25.8 Å². The lowest BCUT2D eigenvalue weighted by molar-refractivity contribution is 0.0906. The van der Waals surface area contributed by atoms with Gasteiger partial charge in [0.15, 0.2) is 0 Å². The fraction of sp³-hybridized carbons (Fsp3) is 0.423. The van der Waals surface area contributed by atoms with E-state index >= 15 is 0 Å². The molecule has 0 atom stereocenters. The van der Waals surface area contributed by atoms with Gasteiger partial charge in [-0.05, 0) is 60.2 Å². The number of aromatic nitrogens is 1. The molecule has 5 heteroatoms. The monoisotopic (exact) mass is 417 g/mol. The third-order valence-electron chi connectivity index (χ3n) is 6.59. The Bertz CT molecular complexity index is 1010. The van der Waals surface area contributed by atoms with E-state index in [1.54, 1.807) is 7.11 Å². The van der Waals surface area contributed by atoms with Gasteiger partial charge in [0.2, 0.25) is 0 Å². The van der Waals surface area contributed by atoms with E-state index in [4.69, 9.17) is 9.15 Å². The Morgan fingerprint density at radius 1 is 0.903 bits per heavy atom. The van der Waals surface area contributed by atoms with Crippen molar-refractivity contribution in [3.05, 3.63) is 65.7 Å². The topological polar surface area (TPSA) is 41.7 Å². The normalized spacial score (nSPS) is 17.2. The molecular weight excluding hydrogens is 386 g/mol. The molecule has 2 aromatic heterocycles. The second-order valence-electron chi connectivity index (χ2n) is 8.64. The lowest BCUT2D eigenvalue weighted by Gasteiger charge is -2.34. The first kappa shape index (κ1) is 20.4. The van der Waals surface area contributed by atoms with E-state index in [-0.39, 0.29) is 0 Å². The molecule has 5 rings (SSSR count). The average Bonchev–Trinajstić information content (AvgIpc) is 3.46. The van der Waals surface area contributed by atoms with Gasteiger partial charge in [0.1, 0.15) is 11.5 Å². The lowest BCUT2D eigenvalue weighted by Crippen LogP contribution is -2.46. The van der Waals surface area contributed by atoms with E-state index in [0.717, 1.165) is 68.5 Å². The van der Waals surface area contributed by atoms with Crippen molar-refractivity contribution in [3.8, 4) is 22.5 Å². The van der Waals surface area contributed by atoms with Crippen LogP contribution in [0.25, 0.3) is 22.5 Å². The Labute approximate surface area is 184 Å². The first-order chi connectivity index (χ1) is 15.3. The summed E-state index contributed by atoms with van der Waals surface area (Å²) in [6.07, 6.45) is 7.35. The van der Waals surface area contributed by atoms with Crippen LogP contribution < -0.4 is 0 Å². The second kappa shape index (κ2) is 9.35. The summed E-state index contributed by atoms with van der Waals surface area (Å²) in [5.41, 5.74) is 6.47. The van der Waals surface area contributed by atoms with Crippen LogP contribution in [0.15, 0.2) is 53.2 Å². The van der Waals surface area contributed by atoms with Crippen LogP contribution in [0, 0.1) is 0 Å². The Morgan fingerprint density at radius 2 is 1.68 bits per heavy atom. The number of furan rings is 1. The average molecular weight is 418 g/mol. The lowest BCUT2D eigenvalue weighted by atomic mass is 10.00. The van der Waals surface area contributed by atoms with Crippen LogP contribution in [0.1, 0.15) is 23.3 Å². The maximum Gasteiger partial charge on any atom is 0.142 e. The maximum atomic E-state index is 6.51. The summed E-state index contributed by atoms with van der Waals surface area (Å²) in [6.45, 7) is 6.95. The summed E-state index contributed by atoms with van der Waals surface area (Å²) >= 11 is 0. The van der Waals surface area contributed by atoms with Gasteiger partial charge in [0.05, 0.1) is 13.2 Å². The van der Waals surface area contributed by atoms with Crippen LogP contribution in [-0.2, 0) is 24.1 Å². The van der Waals surface area contributed by atoms with Gasteiger partial charge in [-0.25, -0.2) is 0 Å². The summed E-state index contributed by atoms with van der Waals surface area (Å²) in [5.74, 6) is 2.02. The van der Waals surface area contributed by atoms with Crippen LogP contribution >= 0.6 is 0 Å². The molecule has 1 aromatic carbocycles. The zero-order valence-corrected chi connectivity index (χ0v) is 18.3. The summed E-state index contributed by atoms with van der Waals surface area (Å²) in [4.78, 5) is 9.16. The van der Waals surface area contributed by atoms with Crippen molar-refractivity contribution in [3.63, 3.8) is 0 Å². The third kappa shape index (κ3) is 4.59. The minimum Gasteiger partial charge on any atom is -0.459 e. The van der Waals surface area contributed by atoms with Gasteiger partial charge >= 0.3 is 0 Å². The van der Waals surface area contributed by atoms with E-state index in [0.29, 0.717) is 0 Å². The molecule has 3 heterocycles. The van der Waals surface area contributed by atoms with Gasteiger partial charge in [-0.1, -0.05) is 12.1 Å². The molecule has 1 fully saturated rings. The highest BCUT2D eigenvalue weighted by Gasteiger charge is 2.21. The van der Waals surface area contributed by atoms with Crippen molar-refractivity contribution in [2.75, 3.05) is 46.4 Å². The molecule has 162 valence electrons. The molecule has 0 spiro atoms. The zero-order valence-electron chi connectivity index (χ0n) is 18.3. The minimum atomic E-state index is 0.803. The smallest absolute Gasteiger partial charge is 0.142 e. The molecular formula is C26H31N3O2. The highest BCUT2D eigenvalue weighted by atomic mass is 16.5. The molecule has 31 heavy (non-hydrogen) atoms. The first-order valence-electron chi connectivity index (χ1n) is 11.4. The Balaban J connectivity index is 1.38. The molecule has 1 saturated heterocycles.